The first-order chi connectivity index (χ1) is 14.7. The highest BCUT2D eigenvalue weighted by Gasteiger charge is 2.47. The van der Waals surface area contributed by atoms with E-state index in [1.54, 1.807) is 4.90 Å². The third-order valence-corrected chi connectivity index (χ3v) is 6.71. The predicted molar refractivity (Wildman–Crippen MR) is 108 cm³/mol. The minimum Gasteiger partial charge on any atom is -0.492 e. The SMILES string of the molecule is COc1c(N2C[C@@H]3CCOC[C@@]3(N)C2)c(F)cc2c(=O)c(C(=O)O)cn(C3C[C@@H]3F)c12. The second kappa shape index (κ2) is 6.89. The summed E-state index contributed by atoms with van der Waals surface area (Å²) in [5.74, 6) is -1.98. The van der Waals surface area contributed by atoms with Crippen molar-refractivity contribution in [3.8, 4) is 5.75 Å². The number of halogens is 2. The van der Waals surface area contributed by atoms with Crippen LogP contribution in [0.3, 0.4) is 0 Å². The van der Waals surface area contributed by atoms with E-state index < -0.39 is 40.5 Å². The van der Waals surface area contributed by atoms with Gasteiger partial charge < -0.3 is 29.8 Å². The summed E-state index contributed by atoms with van der Waals surface area (Å²) in [6.45, 7) is 1.78. The van der Waals surface area contributed by atoms with E-state index in [1.165, 1.54) is 11.7 Å². The Morgan fingerprint density at radius 3 is 2.81 bits per heavy atom. The Labute approximate surface area is 176 Å². The van der Waals surface area contributed by atoms with Gasteiger partial charge in [0, 0.05) is 38.2 Å². The van der Waals surface area contributed by atoms with Crippen molar-refractivity contribution in [2.75, 3.05) is 38.3 Å². The summed E-state index contributed by atoms with van der Waals surface area (Å²) in [5.41, 5.74) is 4.86. The Kier molecular flexibility index (Phi) is 4.49. The Hall–Kier alpha value is -2.72. The molecule has 2 aliphatic heterocycles. The summed E-state index contributed by atoms with van der Waals surface area (Å²) in [4.78, 5) is 26.2. The number of rotatable bonds is 4. The number of anilines is 1. The molecule has 31 heavy (non-hydrogen) atoms. The zero-order chi connectivity index (χ0) is 22.1. The van der Waals surface area contributed by atoms with Crippen LogP contribution in [0.1, 0.15) is 29.2 Å². The van der Waals surface area contributed by atoms with Crippen LogP contribution in [0.25, 0.3) is 10.9 Å². The quantitative estimate of drug-likeness (QED) is 0.753. The standard InChI is InChI=1S/C21H23F2N3O5/c1-30-19-16-11(18(27)12(20(28)29)7-26(16)15-5-13(15)22)4-14(23)17(19)25-6-10-2-3-31-9-21(10,24)8-25/h4,7,10,13,15H,2-3,5-6,8-9,24H2,1H3,(H,28,29)/t10-,13-,15?,21-/m0/s1. The summed E-state index contributed by atoms with van der Waals surface area (Å²) >= 11 is 0. The molecule has 3 heterocycles. The van der Waals surface area contributed by atoms with Crippen molar-refractivity contribution >= 4 is 22.6 Å². The van der Waals surface area contributed by atoms with Gasteiger partial charge in [-0.15, -0.1) is 0 Å². The second-order valence-electron chi connectivity index (χ2n) is 8.69. The van der Waals surface area contributed by atoms with E-state index in [4.69, 9.17) is 15.2 Å². The first kappa shape index (κ1) is 20.2. The topological polar surface area (TPSA) is 107 Å². The number of carboxylic acid groups (broad SMARTS) is 1. The van der Waals surface area contributed by atoms with Gasteiger partial charge in [-0.1, -0.05) is 0 Å². The molecule has 2 saturated heterocycles. The molecule has 1 saturated carbocycles. The molecule has 2 aromatic rings. The molecular weight excluding hydrogens is 412 g/mol. The number of methoxy groups -OCH3 is 1. The molecule has 5 rings (SSSR count). The van der Waals surface area contributed by atoms with Crippen LogP contribution in [0.4, 0.5) is 14.5 Å². The van der Waals surface area contributed by atoms with E-state index in [0.29, 0.717) is 26.3 Å². The third kappa shape index (κ3) is 3.00. The van der Waals surface area contributed by atoms with Crippen molar-refractivity contribution < 1.29 is 28.2 Å². The Morgan fingerprint density at radius 2 is 2.19 bits per heavy atom. The summed E-state index contributed by atoms with van der Waals surface area (Å²) in [6, 6.07) is 0.388. The van der Waals surface area contributed by atoms with E-state index in [2.05, 4.69) is 0 Å². The largest absolute Gasteiger partial charge is 0.492 e. The lowest BCUT2D eigenvalue weighted by atomic mass is 9.85. The number of aromatic nitrogens is 1. The average Bonchev–Trinajstić information content (AvgIpc) is 3.33. The molecule has 1 aliphatic carbocycles. The van der Waals surface area contributed by atoms with Crippen molar-refractivity contribution in [2.45, 2.75) is 30.6 Å². The number of fused-ring (bicyclic) bond motifs is 2. The van der Waals surface area contributed by atoms with Gasteiger partial charge in [-0.05, 0) is 12.5 Å². The molecule has 3 aliphatic rings. The predicted octanol–water partition coefficient (Wildman–Crippen LogP) is 1.68. The Morgan fingerprint density at radius 1 is 1.45 bits per heavy atom. The van der Waals surface area contributed by atoms with Crippen molar-refractivity contribution in [1.29, 1.82) is 0 Å². The molecule has 4 atom stereocenters. The fraction of sp³-hybridized carbons (Fsp3) is 0.524. The number of hydrogen-bond donors (Lipinski definition) is 2. The molecule has 8 nitrogen and oxygen atoms in total. The molecular formula is C21H23F2N3O5. The van der Waals surface area contributed by atoms with Gasteiger partial charge >= 0.3 is 5.97 Å². The van der Waals surface area contributed by atoms with E-state index >= 15 is 4.39 Å². The molecule has 0 radical (unpaired) electrons. The van der Waals surface area contributed by atoms with E-state index in [9.17, 15) is 19.1 Å². The van der Waals surface area contributed by atoms with Gasteiger partial charge in [0.1, 0.15) is 17.4 Å². The van der Waals surface area contributed by atoms with Crippen LogP contribution < -0.4 is 20.8 Å². The van der Waals surface area contributed by atoms with Crippen LogP contribution in [-0.4, -0.2) is 60.8 Å². The number of pyridine rings is 1. The van der Waals surface area contributed by atoms with Gasteiger partial charge in [-0.25, -0.2) is 13.6 Å². The lowest BCUT2D eigenvalue weighted by Gasteiger charge is -2.34. The Bertz CT molecular complexity index is 1150. The maximum atomic E-state index is 15.4. The number of nitrogens with zero attached hydrogens (tertiary/aromatic N) is 2. The number of ether oxygens (including phenoxy) is 2. The van der Waals surface area contributed by atoms with Crippen LogP contribution >= 0.6 is 0 Å². The van der Waals surface area contributed by atoms with Crippen molar-refractivity contribution in [1.82, 2.24) is 4.57 Å². The first-order valence-corrected chi connectivity index (χ1v) is 10.2. The minimum absolute atomic E-state index is 0.0753. The highest BCUT2D eigenvalue weighted by Crippen LogP contribution is 2.47. The number of carbonyl (C=O) groups is 1. The summed E-state index contributed by atoms with van der Waals surface area (Å²) in [7, 11) is 1.35. The van der Waals surface area contributed by atoms with Gasteiger partial charge in [-0.3, -0.25) is 4.79 Å². The van der Waals surface area contributed by atoms with Crippen molar-refractivity contribution in [2.24, 2.45) is 11.7 Å². The number of nitrogens with two attached hydrogens (primary N) is 1. The molecule has 1 aromatic heterocycles. The highest BCUT2D eigenvalue weighted by atomic mass is 19.1. The zero-order valence-electron chi connectivity index (χ0n) is 16.9. The van der Waals surface area contributed by atoms with Crippen LogP contribution in [0.5, 0.6) is 5.75 Å². The molecule has 0 spiro atoms. The fourth-order valence-corrected chi connectivity index (χ4v) is 4.98. The molecule has 0 amide bonds. The van der Waals surface area contributed by atoms with Crippen LogP contribution in [-0.2, 0) is 4.74 Å². The van der Waals surface area contributed by atoms with Gasteiger partial charge in [0.2, 0.25) is 5.43 Å². The lowest BCUT2D eigenvalue weighted by molar-refractivity contribution is 0.0203. The molecule has 3 N–H and O–H groups in total. The number of aromatic carboxylic acids is 1. The molecule has 166 valence electrons. The average molecular weight is 435 g/mol. The molecule has 1 unspecified atom stereocenters. The number of benzene rings is 1. The molecule has 1 aromatic carbocycles. The van der Waals surface area contributed by atoms with Crippen molar-refractivity contribution in [3.63, 3.8) is 0 Å². The molecule has 3 fully saturated rings. The minimum atomic E-state index is -1.45. The lowest BCUT2D eigenvalue weighted by Crippen LogP contribution is -2.54. The van der Waals surface area contributed by atoms with Gasteiger partial charge in [0.25, 0.3) is 0 Å². The van der Waals surface area contributed by atoms with E-state index in [0.717, 1.165) is 18.7 Å². The van der Waals surface area contributed by atoms with Gasteiger partial charge in [-0.2, -0.15) is 0 Å². The summed E-state index contributed by atoms with van der Waals surface area (Å²) in [5, 5.41) is 9.27. The first-order valence-electron chi connectivity index (χ1n) is 10.2. The molecule has 0 bridgehead atoms. The third-order valence-electron chi connectivity index (χ3n) is 6.71. The smallest absolute Gasteiger partial charge is 0.341 e. The monoisotopic (exact) mass is 435 g/mol. The van der Waals surface area contributed by atoms with Crippen LogP contribution in [0.2, 0.25) is 0 Å². The van der Waals surface area contributed by atoms with Crippen molar-refractivity contribution in [3.05, 3.63) is 33.9 Å². The maximum absolute atomic E-state index is 15.4. The number of alkyl halides is 1. The maximum Gasteiger partial charge on any atom is 0.341 e. The normalized spacial score (nSPS) is 29.8. The van der Waals surface area contributed by atoms with Gasteiger partial charge in [0.15, 0.2) is 11.6 Å². The Balaban J connectivity index is 1.74. The second-order valence-corrected chi connectivity index (χ2v) is 8.69. The zero-order valence-corrected chi connectivity index (χ0v) is 16.9. The number of hydrogen-bond acceptors (Lipinski definition) is 6. The van der Waals surface area contributed by atoms with Crippen LogP contribution in [0.15, 0.2) is 17.1 Å². The molecule has 10 heteroatoms. The fourth-order valence-electron chi connectivity index (χ4n) is 4.98. The van der Waals surface area contributed by atoms with E-state index in [-0.39, 0.29) is 34.7 Å². The van der Waals surface area contributed by atoms with Crippen LogP contribution in [0, 0.1) is 11.7 Å². The summed E-state index contributed by atoms with van der Waals surface area (Å²) < 4.78 is 41.9. The highest BCUT2D eigenvalue weighted by molar-refractivity contribution is 5.97. The van der Waals surface area contributed by atoms with E-state index in [1.807, 2.05) is 0 Å². The number of carboxylic acids is 1. The summed E-state index contributed by atoms with van der Waals surface area (Å²) in [6.07, 6.45) is 0.887. The van der Waals surface area contributed by atoms with Gasteiger partial charge in [0.05, 0.1) is 36.2 Å².